The van der Waals surface area contributed by atoms with Gasteiger partial charge in [0.1, 0.15) is 0 Å². The van der Waals surface area contributed by atoms with Crippen LogP contribution in [-0.2, 0) is 9.47 Å². The SMILES string of the molecule is CCCOCCOCC(N)c1ccc2c(c1)OCCCO2. The number of benzene rings is 1. The lowest BCUT2D eigenvalue weighted by molar-refractivity contribution is 0.0428. The smallest absolute Gasteiger partial charge is 0.161 e. The van der Waals surface area contributed by atoms with Crippen molar-refractivity contribution in [3.8, 4) is 11.5 Å². The molecule has 0 saturated heterocycles. The van der Waals surface area contributed by atoms with E-state index >= 15 is 0 Å². The molecule has 0 amide bonds. The average Bonchev–Trinajstić information content (AvgIpc) is 2.75. The predicted octanol–water partition coefficient (Wildman–Crippen LogP) is 2.29. The second kappa shape index (κ2) is 8.87. The third kappa shape index (κ3) is 5.19. The number of ether oxygens (including phenoxy) is 4. The molecule has 0 aromatic heterocycles. The van der Waals surface area contributed by atoms with E-state index in [1.807, 2.05) is 18.2 Å². The summed E-state index contributed by atoms with van der Waals surface area (Å²) in [7, 11) is 0. The zero-order valence-corrected chi connectivity index (χ0v) is 12.7. The normalized spacial score (nSPS) is 15.5. The number of nitrogens with two attached hydrogens (primary N) is 1. The van der Waals surface area contributed by atoms with Gasteiger partial charge in [0.05, 0.1) is 39.1 Å². The lowest BCUT2D eigenvalue weighted by Gasteiger charge is -2.15. The summed E-state index contributed by atoms with van der Waals surface area (Å²) < 4.78 is 22.2. The van der Waals surface area contributed by atoms with Crippen molar-refractivity contribution in [1.82, 2.24) is 0 Å². The van der Waals surface area contributed by atoms with Crippen molar-refractivity contribution < 1.29 is 18.9 Å². The molecule has 0 radical (unpaired) electrons. The van der Waals surface area contributed by atoms with Gasteiger partial charge >= 0.3 is 0 Å². The van der Waals surface area contributed by atoms with Crippen molar-refractivity contribution in [2.45, 2.75) is 25.8 Å². The summed E-state index contributed by atoms with van der Waals surface area (Å²) in [5.41, 5.74) is 7.14. The quantitative estimate of drug-likeness (QED) is 0.746. The van der Waals surface area contributed by atoms with E-state index in [9.17, 15) is 0 Å². The summed E-state index contributed by atoms with van der Waals surface area (Å²) in [6.45, 7) is 5.88. The Hall–Kier alpha value is -1.30. The minimum absolute atomic E-state index is 0.173. The summed E-state index contributed by atoms with van der Waals surface area (Å²) in [6.07, 6.45) is 1.92. The van der Waals surface area contributed by atoms with E-state index in [2.05, 4.69) is 6.92 Å². The molecule has 118 valence electrons. The van der Waals surface area contributed by atoms with Crippen LogP contribution in [0.2, 0.25) is 0 Å². The molecule has 0 saturated carbocycles. The van der Waals surface area contributed by atoms with Gasteiger partial charge in [0.2, 0.25) is 0 Å². The number of hydrogen-bond donors (Lipinski definition) is 1. The first-order chi connectivity index (χ1) is 10.3. The maximum atomic E-state index is 6.15. The van der Waals surface area contributed by atoms with Crippen molar-refractivity contribution in [3.05, 3.63) is 23.8 Å². The number of hydrogen-bond acceptors (Lipinski definition) is 5. The summed E-state index contributed by atoms with van der Waals surface area (Å²) in [5, 5.41) is 0. The second-order valence-corrected chi connectivity index (χ2v) is 5.05. The minimum atomic E-state index is -0.173. The van der Waals surface area contributed by atoms with Crippen molar-refractivity contribution in [1.29, 1.82) is 0 Å². The molecule has 21 heavy (non-hydrogen) atoms. The zero-order chi connectivity index (χ0) is 14.9. The van der Waals surface area contributed by atoms with Crippen molar-refractivity contribution in [2.24, 2.45) is 5.73 Å². The molecule has 0 aliphatic carbocycles. The third-order valence-corrected chi connectivity index (χ3v) is 3.22. The van der Waals surface area contributed by atoms with Crippen molar-refractivity contribution >= 4 is 0 Å². The molecule has 1 aliphatic heterocycles. The van der Waals surface area contributed by atoms with Crippen LogP contribution >= 0.6 is 0 Å². The maximum Gasteiger partial charge on any atom is 0.161 e. The molecule has 0 spiro atoms. The third-order valence-electron chi connectivity index (χ3n) is 3.22. The van der Waals surface area contributed by atoms with Gasteiger partial charge in [-0.25, -0.2) is 0 Å². The molecular formula is C16H25NO4. The van der Waals surface area contributed by atoms with Crippen molar-refractivity contribution in [3.63, 3.8) is 0 Å². The van der Waals surface area contributed by atoms with Crippen molar-refractivity contribution in [2.75, 3.05) is 39.6 Å². The zero-order valence-electron chi connectivity index (χ0n) is 12.7. The van der Waals surface area contributed by atoms with Gasteiger partial charge in [-0.15, -0.1) is 0 Å². The molecule has 2 N–H and O–H groups in total. The van der Waals surface area contributed by atoms with Gasteiger partial charge in [-0.3, -0.25) is 0 Å². The van der Waals surface area contributed by atoms with Crippen LogP contribution in [0.3, 0.4) is 0 Å². The Kier molecular flexibility index (Phi) is 6.79. The van der Waals surface area contributed by atoms with Crippen LogP contribution < -0.4 is 15.2 Å². The molecule has 1 aromatic rings. The monoisotopic (exact) mass is 295 g/mol. The molecule has 1 unspecified atom stereocenters. The van der Waals surface area contributed by atoms with E-state index in [1.54, 1.807) is 0 Å². The van der Waals surface area contributed by atoms with E-state index in [0.29, 0.717) is 33.0 Å². The standard InChI is InChI=1S/C16H25NO4/c1-2-6-18-9-10-19-12-14(17)13-4-5-15-16(11-13)21-8-3-7-20-15/h4-5,11,14H,2-3,6-10,12,17H2,1H3. The minimum Gasteiger partial charge on any atom is -0.490 e. The molecule has 5 heteroatoms. The number of fused-ring (bicyclic) bond motifs is 1. The van der Waals surface area contributed by atoms with Crippen LogP contribution in [0.1, 0.15) is 31.4 Å². The van der Waals surface area contributed by atoms with E-state index in [4.69, 9.17) is 24.7 Å². The highest BCUT2D eigenvalue weighted by molar-refractivity contribution is 5.44. The topological polar surface area (TPSA) is 62.9 Å². The van der Waals surface area contributed by atoms with Gasteiger partial charge in [-0.1, -0.05) is 13.0 Å². The van der Waals surface area contributed by atoms with Gasteiger partial charge in [0.15, 0.2) is 11.5 Å². The van der Waals surface area contributed by atoms with Gasteiger partial charge in [0.25, 0.3) is 0 Å². The summed E-state index contributed by atoms with van der Waals surface area (Å²) >= 11 is 0. The highest BCUT2D eigenvalue weighted by Crippen LogP contribution is 2.31. The van der Waals surface area contributed by atoms with E-state index in [0.717, 1.165) is 36.5 Å². The Labute approximate surface area is 126 Å². The highest BCUT2D eigenvalue weighted by Gasteiger charge is 2.14. The van der Waals surface area contributed by atoms with Gasteiger partial charge in [-0.2, -0.15) is 0 Å². The highest BCUT2D eigenvalue weighted by atomic mass is 16.5. The maximum absolute atomic E-state index is 6.15. The van der Waals surface area contributed by atoms with E-state index in [1.165, 1.54) is 0 Å². The molecule has 1 heterocycles. The molecular weight excluding hydrogens is 270 g/mol. The predicted molar refractivity (Wildman–Crippen MR) is 80.9 cm³/mol. The van der Waals surface area contributed by atoms with Crippen LogP contribution in [-0.4, -0.2) is 39.6 Å². The lowest BCUT2D eigenvalue weighted by Crippen LogP contribution is -2.19. The van der Waals surface area contributed by atoms with Gasteiger partial charge < -0.3 is 24.7 Å². The van der Waals surface area contributed by atoms with E-state index in [-0.39, 0.29) is 6.04 Å². The summed E-state index contributed by atoms with van der Waals surface area (Å²) in [6, 6.07) is 5.66. The molecule has 1 aromatic carbocycles. The average molecular weight is 295 g/mol. The van der Waals surface area contributed by atoms with Crippen LogP contribution in [0, 0.1) is 0 Å². The Bertz CT molecular complexity index is 425. The molecule has 2 rings (SSSR count). The fourth-order valence-corrected chi connectivity index (χ4v) is 2.08. The summed E-state index contributed by atoms with van der Waals surface area (Å²) in [5.74, 6) is 1.56. The fraction of sp³-hybridized carbons (Fsp3) is 0.625. The fourth-order valence-electron chi connectivity index (χ4n) is 2.08. The Balaban J connectivity index is 1.79. The van der Waals surface area contributed by atoms with Crippen LogP contribution in [0.15, 0.2) is 18.2 Å². The number of rotatable bonds is 8. The summed E-state index contributed by atoms with van der Waals surface area (Å²) in [4.78, 5) is 0. The first-order valence-electron chi connectivity index (χ1n) is 7.62. The molecule has 0 fully saturated rings. The molecule has 1 aliphatic rings. The Morgan fingerprint density at radius 3 is 2.67 bits per heavy atom. The molecule has 0 bridgehead atoms. The first kappa shape index (κ1) is 16.1. The van der Waals surface area contributed by atoms with Gasteiger partial charge in [0, 0.05) is 13.0 Å². The van der Waals surface area contributed by atoms with Crippen LogP contribution in [0.4, 0.5) is 0 Å². The van der Waals surface area contributed by atoms with Crippen LogP contribution in [0.5, 0.6) is 11.5 Å². The van der Waals surface area contributed by atoms with E-state index < -0.39 is 0 Å². The lowest BCUT2D eigenvalue weighted by atomic mass is 10.1. The Morgan fingerprint density at radius 2 is 1.86 bits per heavy atom. The Morgan fingerprint density at radius 1 is 1.10 bits per heavy atom. The van der Waals surface area contributed by atoms with Crippen LogP contribution in [0.25, 0.3) is 0 Å². The second-order valence-electron chi connectivity index (χ2n) is 5.05. The molecule has 1 atom stereocenters. The first-order valence-corrected chi connectivity index (χ1v) is 7.62. The molecule has 5 nitrogen and oxygen atoms in total. The largest absolute Gasteiger partial charge is 0.490 e. The van der Waals surface area contributed by atoms with Gasteiger partial charge in [-0.05, 0) is 24.1 Å².